The second kappa shape index (κ2) is 11.6. The van der Waals surface area contributed by atoms with Gasteiger partial charge in [0.15, 0.2) is 0 Å². The number of nitrogens with zero attached hydrogens (tertiary/aromatic N) is 1. The minimum atomic E-state index is -0.959. The highest BCUT2D eigenvalue weighted by molar-refractivity contribution is 6.38. The summed E-state index contributed by atoms with van der Waals surface area (Å²) in [6, 6.07) is -2.52. The molecule has 0 aromatic heterocycles. The van der Waals surface area contributed by atoms with Crippen LogP contribution in [0.4, 0.5) is 4.79 Å². The first-order valence-corrected chi connectivity index (χ1v) is 14.1. The molecule has 3 fully saturated rings. The number of ether oxygens (including phenoxy) is 1. The van der Waals surface area contributed by atoms with Crippen molar-refractivity contribution < 1.29 is 28.7 Å². The molecule has 4 amide bonds. The molecule has 1 unspecified atom stereocenters. The van der Waals surface area contributed by atoms with Crippen molar-refractivity contribution in [2.45, 2.75) is 110 Å². The predicted molar refractivity (Wildman–Crippen MR) is 142 cm³/mol. The van der Waals surface area contributed by atoms with E-state index in [-0.39, 0.29) is 29.1 Å². The average Bonchev–Trinajstić information content (AvgIpc) is 3.18. The van der Waals surface area contributed by atoms with Crippen molar-refractivity contribution in [1.29, 1.82) is 0 Å². The summed E-state index contributed by atoms with van der Waals surface area (Å²) in [5.41, 5.74) is -0.833. The van der Waals surface area contributed by atoms with E-state index in [0.29, 0.717) is 19.4 Å². The Morgan fingerprint density at radius 2 is 1.66 bits per heavy atom. The molecule has 0 aromatic rings. The molecule has 10 nitrogen and oxygen atoms in total. The fourth-order valence-corrected chi connectivity index (χ4v) is 6.37. The highest BCUT2D eigenvalue weighted by Gasteiger charge is 2.69. The molecule has 1 saturated heterocycles. The molecule has 0 bridgehead atoms. The Kier molecular flexibility index (Phi) is 9.14. The third-order valence-corrected chi connectivity index (χ3v) is 8.48. The molecule has 38 heavy (non-hydrogen) atoms. The number of rotatable bonds is 9. The van der Waals surface area contributed by atoms with Crippen molar-refractivity contribution in [3.05, 3.63) is 0 Å². The molecule has 214 valence electrons. The summed E-state index contributed by atoms with van der Waals surface area (Å²) in [6.07, 6.45) is 4.95. The van der Waals surface area contributed by atoms with E-state index in [1.54, 1.807) is 25.7 Å². The summed E-state index contributed by atoms with van der Waals surface area (Å²) in [6.45, 7) is 11.8. The topological polar surface area (TPSA) is 134 Å². The molecule has 3 aliphatic rings. The molecular weight excluding hydrogens is 488 g/mol. The lowest BCUT2D eigenvalue weighted by Crippen LogP contribution is -2.59. The van der Waals surface area contributed by atoms with E-state index < -0.39 is 47.4 Å². The van der Waals surface area contributed by atoms with E-state index in [1.165, 1.54) is 7.05 Å². The number of hydrogen-bond donors (Lipinski definition) is 3. The van der Waals surface area contributed by atoms with Crippen LogP contribution in [0, 0.1) is 23.2 Å². The van der Waals surface area contributed by atoms with Crippen molar-refractivity contribution >= 4 is 29.6 Å². The Bertz CT molecular complexity index is 936. The Morgan fingerprint density at radius 3 is 2.21 bits per heavy atom. The summed E-state index contributed by atoms with van der Waals surface area (Å²) in [5, 5.41) is 7.96. The monoisotopic (exact) mass is 534 g/mol. The maximum absolute atomic E-state index is 14.1. The predicted octanol–water partition coefficient (Wildman–Crippen LogP) is 2.54. The number of likely N-dealkylation sites (N-methyl/N-ethyl adjacent to an activating group) is 1. The van der Waals surface area contributed by atoms with Gasteiger partial charge >= 0.3 is 6.09 Å². The number of Topliss-reactive ketones (excluding diaryl/α,β-unsaturated/α-hetero) is 1. The van der Waals surface area contributed by atoms with Gasteiger partial charge < -0.3 is 25.6 Å². The first-order valence-electron chi connectivity index (χ1n) is 14.1. The van der Waals surface area contributed by atoms with Crippen LogP contribution >= 0.6 is 0 Å². The van der Waals surface area contributed by atoms with Crippen LogP contribution in [-0.2, 0) is 23.9 Å². The van der Waals surface area contributed by atoms with E-state index >= 15 is 0 Å². The number of piperidine rings is 1. The zero-order valence-corrected chi connectivity index (χ0v) is 24.0. The lowest BCUT2D eigenvalue weighted by molar-refractivity contribution is -0.145. The molecule has 3 rings (SSSR count). The lowest BCUT2D eigenvalue weighted by atomic mass is 9.83. The van der Waals surface area contributed by atoms with E-state index in [2.05, 4.69) is 29.8 Å². The van der Waals surface area contributed by atoms with Crippen molar-refractivity contribution in [2.24, 2.45) is 23.2 Å². The van der Waals surface area contributed by atoms with Gasteiger partial charge in [0.1, 0.15) is 17.7 Å². The van der Waals surface area contributed by atoms with Gasteiger partial charge in [0, 0.05) is 13.6 Å². The van der Waals surface area contributed by atoms with E-state index in [1.807, 2.05) is 6.92 Å². The van der Waals surface area contributed by atoms with Gasteiger partial charge in [0.05, 0.1) is 6.04 Å². The molecule has 2 aliphatic carbocycles. The van der Waals surface area contributed by atoms with Crippen molar-refractivity contribution in [3.8, 4) is 0 Å². The Labute approximate surface area is 226 Å². The minimum Gasteiger partial charge on any atom is -0.444 e. The van der Waals surface area contributed by atoms with Crippen LogP contribution in [0.25, 0.3) is 0 Å². The number of carbonyl (C=O) groups excluding carboxylic acids is 5. The third kappa shape index (κ3) is 6.49. The zero-order valence-electron chi connectivity index (χ0n) is 24.0. The molecule has 0 radical (unpaired) electrons. The number of likely N-dealkylation sites (tertiary alicyclic amines) is 1. The van der Waals surface area contributed by atoms with Gasteiger partial charge in [-0.1, -0.05) is 46.5 Å². The van der Waals surface area contributed by atoms with Gasteiger partial charge in [-0.2, -0.15) is 0 Å². The number of carbonyl (C=O) groups is 5. The highest BCUT2D eigenvalue weighted by Crippen LogP contribution is 2.65. The first-order chi connectivity index (χ1) is 17.7. The van der Waals surface area contributed by atoms with E-state index in [4.69, 9.17) is 4.74 Å². The number of hydrogen-bond acceptors (Lipinski definition) is 6. The standard InChI is InChI=1S/C28H46N4O6/c1-8-12-18(22(33)24(35)29-7)30-23(34)21-19-17(28(19,5)6)15-32(21)25(36)20(16-13-10-9-11-14-16)31-26(37)38-27(2,3)4/h16-21H,8-15H2,1-7H3,(H,29,35)(H,30,34)(H,31,37)/t17-,18?,19-,20-,21-/m0/s1. The summed E-state index contributed by atoms with van der Waals surface area (Å²) in [7, 11) is 1.38. The molecular formula is C28H46N4O6. The number of alkyl carbamates (subject to hydrolysis) is 1. The smallest absolute Gasteiger partial charge is 0.408 e. The molecule has 3 N–H and O–H groups in total. The molecule has 2 saturated carbocycles. The van der Waals surface area contributed by atoms with Crippen LogP contribution in [0.1, 0.15) is 86.5 Å². The molecule has 10 heteroatoms. The zero-order chi connectivity index (χ0) is 28.4. The molecule has 1 heterocycles. The van der Waals surface area contributed by atoms with Crippen molar-refractivity contribution in [2.75, 3.05) is 13.6 Å². The molecule has 0 aromatic carbocycles. The van der Waals surface area contributed by atoms with Gasteiger partial charge in [0.25, 0.3) is 5.91 Å². The maximum atomic E-state index is 14.1. The van der Waals surface area contributed by atoms with Gasteiger partial charge in [0.2, 0.25) is 17.6 Å². The van der Waals surface area contributed by atoms with Crippen molar-refractivity contribution in [3.63, 3.8) is 0 Å². The molecule has 1 aliphatic heterocycles. The average molecular weight is 535 g/mol. The van der Waals surface area contributed by atoms with Gasteiger partial charge in [-0.05, 0) is 63.2 Å². The summed E-state index contributed by atoms with van der Waals surface area (Å²) < 4.78 is 5.47. The summed E-state index contributed by atoms with van der Waals surface area (Å²) in [4.78, 5) is 66.8. The van der Waals surface area contributed by atoms with Gasteiger partial charge in [-0.15, -0.1) is 0 Å². The van der Waals surface area contributed by atoms with Crippen LogP contribution in [0.3, 0.4) is 0 Å². The van der Waals surface area contributed by atoms with Gasteiger partial charge in [-0.3, -0.25) is 19.2 Å². The third-order valence-electron chi connectivity index (χ3n) is 8.48. The maximum Gasteiger partial charge on any atom is 0.408 e. The number of nitrogens with one attached hydrogen (secondary N) is 3. The van der Waals surface area contributed by atoms with Crippen molar-refractivity contribution in [1.82, 2.24) is 20.9 Å². The number of fused-ring (bicyclic) bond motifs is 1. The molecule has 0 spiro atoms. The van der Waals surface area contributed by atoms with E-state index in [0.717, 1.165) is 32.1 Å². The Morgan fingerprint density at radius 1 is 1.03 bits per heavy atom. The normalized spacial score (nSPS) is 26.0. The van der Waals surface area contributed by atoms with Crippen LogP contribution in [-0.4, -0.2) is 71.8 Å². The van der Waals surface area contributed by atoms with Gasteiger partial charge in [-0.25, -0.2) is 4.79 Å². The SMILES string of the molecule is CCCC(NC(=O)[C@@H]1[C@@H]2[C@H](CN1C(=O)[C@@H](NC(=O)OC(C)(C)C)C1CCCCC1)C2(C)C)C(=O)C(=O)NC. The first kappa shape index (κ1) is 29.9. The quantitative estimate of drug-likeness (QED) is 0.389. The van der Waals surface area contributed by atoms with Crippen LogP contribution in [0.15, 0.2) is 0 Å². The fraction of sp³-hybridized carbons (Fsp3) is 0.821. The largest absolute Gasteiger partial charge is 0.444 e. The van der Waals surface area contributed by atoms with Crippen LogP contribution in [0.2, 0.25) is 0 Å². The molecule has 5 atom stereocenters. The number of ketones is 1. The van der Waals surface area contributed by atoms with Crippen LogP contribution < -0.4 is 16.0 Å². The second-order valence-electron chi connectivity index (χ2n) is 12.7. The van der Waals surface area contributed by atoms with Crippen LogP contribution in [0.5, 0.6) is 0 Å². The van der Waals surface area contributed by atoms with E-state index in [9.17, 15) is 24.0 Å². The Hall–Kier alpha value is -2.65. The Balaban J connectivity index is 1.85. The highest BCUT2D eigenvalue weighted by atomic mass is 16.6. The number of amides is 4. The summed E-state index contributed by atoms with van der Waals surface area (Å²) in [5.74, 6) is -2.11. The summed E-state index contributed by atoms with van der Waals surface area (Å²) >= 11 is 0. The fourth-order valence-electron chi connectivity index (χ4n) is 6.37. The minimum absolute atomic E-state index is 0.0416. The lowest BCUT2D eigenvalue weighted by Gasteiger charge is -2.37. The second-order valence-corrected chi connectivity index (χ2v) is 12.7.